The summed E-state index contributed by atoms with van der Waals surface area (Å²) >= 11 is 0. The van der Waals surface area contributed by atoms with Gasteiger partial charge in [0, 0.05) is 11.6 Å². The molecule has 0 unspecified atom stereocenters. The van der Waals surface area contributed by atoms with Crippen molar-refractivity contribution in [1.29, 1.82) is 0 Å². The van der Waals surface area contributed by atoms with E-state index in [1.165, 1.54) is 26.4 Å². The molecule has 2 rings (SSSR count). The fraction of sp³-hybridized carbons (Fsp3) is 0.278. The molecule has 0 spiro atoms. The minimum Gasteiger partial charge on any atom is -0.497 e. The van der Waals surface area contributed by atoms with Crippen LogP contribution in [0, 0.1) is 5.82 Å². The Morgan fingerprint density at radius 2 is 1.52 bits per heavy atom. The molecule has 0 aliphatic heterocycles. The minimum absolute atomic E-state index is 0.267. The summed E-state index contributed by atoms with van der Waals surface area (Å²) < 4.78 is 23.4. The van der Waals surface area contributed by atoms with Crippen LogP contribution in [0.1, 0.15) is 29.8 Å². The third-order valence-corrected chi connectivity index (χ3v) is 3.61. The van der Waals surface area contributed by atoms with Crippen molar-refractivity contribution < 1.29 is 18.7 Å². The van der Waals surface area contributed by atoms with Gasteiger partial charge in [-0.2, -0.15) is 0 Å². The molecule has 1 amide bonds. The van der Waals surface area contributed by atoms with Gasteiger partial charge in [-0.3, -0.25) is 4.79 Å². The van der Waals surface area contributed by atoms with Gasteiger partial charge in [0.15, 0.2) is 0 Å². The molecule has 4 nitrogen and oxygen atoms in total. The summed E-state index contributed by atoms with van der Waals surface area (Å²) in [6.45, 7) is 3.71. The molecular weight excluding hydrogens is 297 g/mol. The van der Waals surface area contributed by atoms with Crippen molar-refractivity contribution in [1.82, 2.24) is 5.32 Å². The number of benzene rings is 2. The van der Waals surface area contributed by atoms with Gasteiger partial charge < -0.3 is 14.8 Å². The maximum atomic E-state index is 13.1. The van der Waals surface area contributed by atoms with Crippen LogP contribution in [0.15, 0.2) is 42.5 Å². The van der Waals surface area contributed by atoms with E-state index < -0.39 is 5.54 Å². The van der Waals surface area contributed by atoms with Crippen molar-refractivity contribution >= 4 is 5.91 Å². The van der Waals surface area contributed by atoms with E-state index in [0.717, 1.165) is 5.56 Å². The zero-order chi connectivity index (χ0) is 17.0. The fourth-order valence-corrected chi connectivity index (χ4v) is 2.23. The molecule has 0 aliphatic rings. The lowest BCUT2D eigenvalue weighted by Crippen LogP contribution is -2.41. The molecule has 0 saturated carbocycles. The van der Waals surface area contributed by atoms with Crippen LogP contribution in [0.2, 0.25) is 0 Å². The van der Waals surface area contributed by atoms with Crippen LogP contribution in [0.5, 0.6) is 11.5 Å². The summed E-state index contributed by atoms with van der Waals surface area (Å²) in [5.74, 6) is 0.494. The Bertz CT molecular complexity index is 674. The second-order valence-electron chi connectivity index (χ2n) is 5.69. The van der Waals surface area contributed by atoms with E-state index in [1.807, 2.05) is 13.8 Å². The number of ether oxygens (including phenoxy) is 2. The molecule has 5 heteroatoms. The molecule has 0 atom stereocenters. The highest BCUT2D eigenvalue weighted by Gasteiger charge is 2.24. The van der Waals surface area contributed by atoms with Crippen molar-refractivity contribution in [3.05, 3.63) is 59.4 Å². The topological polar surface area (TPSA) is 47.6 Å². The first kappa shape index (κ1) is 16.8. The van der Waals surface area contributed by atoms with Gasteiger partial charge >= 0.3 is 0 Å². The van der Waals surface area contributed by atoms with Gasteiger partial charge in [-0.25, -0.2) is 4.39 Å². The molecule has 2 aromatic carbocycles. The summed E-state index contributed by atoms with van der Waals surface area (Å²) in [5, 5.41) is 2.94. The highest BCUT2D eigenvalue weighted by atomic mass is 19.1. The number of carbonyl (C=O) groups is 1. The molecule has 1 N–H and O–H groups in total. The maximum Gasteiger partial charge on any atom is 0.252 e. The molecule has 0 saturated heterocycles. The van der Waals surface area contributed by atoms with Gasteiger partial charge in [-0.05, 0) is 43.7 Å². The first-order valence-corrected chi connectivity index (χ1v) is 7.17. The molecule has 122 valence electrons. The number of nitrogens with one attached hydrogen (secondary N) is 1. The molecule has 0 bridgehead atoms. The fourth-order valence-electron chi connectivity index (χ4n) is 2.23. The lowest BCUT2D eigenvalue weighted by atomic mass is 9.94. The number of amides is 1. The largest absolute Gasteiger partial charge is 0.497 e. The second-order valence-corrected chi connectivity index (χ2v) is 5.69. The lowest BCUT2D eigenvalue weighted by molar-refractivity contribution is 0.0911. The van der Waals surface area contributed by atoms with Gasteiger partial charge in [0.05, 0.1) is 19.8 Å². The van der Waals surface area contributed by atoms with E-state index in [9.17, 15) is 9.18 Å². The first-order valence-electron chi connectivity index (χ1n) is 7.17. The number of carbonyl (C=O) groups excluding carboxylic acids is 1. The standard InChI is InChI=1S/C18H20FNO3/c1-18(2,13-5-7-14(19)8-6-13)20-17(21)12-9-15(22-3)11-16(10-12)23-4/h5-11H,1-4H3,(H,20,21). The van der Waals surface area contributed by atoms with Gasteiger partial charge in [-0.15, -0.1) is 0 Å². The number of hydrogen-bond donors (Lipinski definition) is 1. The zero-order valence-corrected chi connectivity index (χ0v) is 13.6. The minimum atomic E-state index is -0.652. The van der Waals surface area contributed by atoms with Crippen LogP contribution >= 0.6 is 0 Å². The Balaban J connectivity index is 2.25. The Hall–Kier alpha value is -2.56. The van der Waals surface area contributed by atoms with Gasteiger partial charge in [-0.1, -0.05) is 12.1 Å². The van der Waals surface area contributed by atoms with Gasteiger partial charge in [0.25, 0.3) is 5.91 Å². The lowest BCUT2D eigenvalue weighted by Gasteiger charge is -2.27. The average molecular weight is 317 g/mol. The quantitative estimate of drug-likeness (QED) is 0.918. The summed E-state index contributed by atoms with van der Waals surface area (Å²) in [7, 11) is 3.05. The summed E-state index contributed by atoms with van der Waals surface area (Å²) in [5.41, 5.74) is 0.583. The molecule has 0 aliphatic carbocycles. The molecular formula is C18H20FNO3. The van der Waals surface area contributed by atoms with Crippen LogP contribution in [0.4, 0.5) is 4.39 Å². The second kappa shape index (κ2) is 6.69. The van der Waals surface area contributed by atoms with Gasteiger partial charge in [0.2, 0.25) is 0 Å². The maximum absolute atomic E-state index is 13.1. The SMILES string of the molecule is COc1cc(OC)cc(C(=O)NC(C)(C)c2ccc(F)cc2)c1. The van der Waals surface area contributed by atoms with Crippen LogP contribution in [0.25, 0.3) is 0 Å². The number of rotatable bonds is 5. The molecule has 2 aromatic rings. The van der Waals surface area contributed by atoms with Crippen molar-refractivity contribution in [2.75, 3.05) is 14.2 Å². The molecule has 0 radical (unpaired) electrons. The molecule has 0 aromatic heterocycles. The molecule has 23 heavy (non-hydrogen) atoms. The first-order chi connectivity index (χ1) is 10.9. The average Bonchev–Trinajstić information content (AvgIpc) is 2.54. The molecule has 0 heterocycles. The zero-order valence-electron chi connectivity index (χ0n) is 13.6. The predicted octanol–water partition coefficient (Wildman–Crippen LogP) is 3.51. The van der Waals surface area contributed by atoms with E-state index in [-0.39, 0.29) is 11.7 Å². The highest BCUT2D eigenvalue weighted by Crippen LogP contribution is 2.25. The smallest absolute Gasteiger partial charge is 0.252 e. The van der Waals surface area contributed by atoms with E-state index in [2.05, 4.69) is 5.32 Å². The monoisotopic (exact) mass is 317 g/mol. The number of halogens is 1. The van der Waals surface area contributed by atoms with Crippen LogP contribution in [-0.4, -0.2) is 20.1 Å². The van der Waals surface area contributed by atoms with E-state index in [0.29, 0.717) is 17.1 Å². The Kier molecular flexibility index (Phi) is 4.89. The van der Waals surface area contributed by atoms with Crippen LogP contribution in [-0.2, 0) is 5.54 Å². The summed E-state index contributed by atoms with van der Waals surface area (Å²) in [6.07, 6.45) is 0. The van der Waals surface area contributed by atoms with Crippen molar-refractivity contribution in [2.24, 2.45) is 0 Å². The number of hydrogen-bond acceptors (Lipinski definition) is 3. The van der Waals surface area contributed by atoms with E-state index >= 15 is 0 Å². The molecule has 0 fully saturated rings. The Morgan fingerprint density at radius 1 is 1.00 bits per heavy atom. The van der Waals surface area contributed by atoms with Crippen molar-refractivity contribution in [3.63, 3.8) is 0 Å². The van der Waals surface area contributed by atoms with E-state index in [4.69, 9.17) is 9.47 Å². The third kappa shape index (κ3) is 4.00. The number of methoxy groups -OCH3 is 2. The Labute approximate surface area is 135 Å². The summed E-state index contributed by atoms with van der Waals surface area (Å²) in [6, 6.07) is 11.0. The Morgan fingerprint density at radius 3 is 2.00 bits per heavy atom. The normalized spacial score (nSPS) is 11.0. The van der Waals surface area contributed by atoms with E-state index in [1.54, 1.807) is 30.3 Å². The van der Waals surface area contributed by atoms with Crippen molar-refractivity contribution in [3.8, 4) is 11.5 Å². The highest BCUT2D eigenvalue weighted by molar-refractivity contribution is 5.95. The van der Waals surface area contributed by atoms with Crippen molar-refractivity contribution in [2.45, 2.75) is 19.4 Å². The summed E-state index contributed by atoms with van der Waals surface area (Å²) in [4.78, 5) is 12.5. The van der Waals surface area contributed by atoms with Gasteiger partial charge in [0.1, 0.15) is 17.3 Å². The predicted molar refractivity (Wildman–Crippen MR) is 86.4 cm³/mol. The van der Waals surface area contributed by atoms with Crippen LogP contribution < -0.4 is 14.8 Å². The third-order valence-electron chi connectivity index (χ3n) is 3.61. The van der Waals surface area contributed by atoms with Crippen LogP contribution in [0.3, 0.4) is 0 Å².